The molecule has 1 amide bonds. The summed E-state index contributed by atoms with van der Waals surface area (Å²) in [6.45, 7) is 6.19. The van der Waals surface area contributed by atoms with Crippen molar-refractivity contribution < 1.29 is 9.53 Å². The van der Waals surface area contributed by atoms with Gasteiger partial charge in [-0.15, -0.1) is 0 Å². The number of fused-ring (bicyclic) bond motifs is 1. The van der Waals surface area contributed by atoms with Gasteiger partial charge < -0.3 is 19.9 Å². The minimum absolute atomic E-state index is 0.00813. The Hall–Kier alpha value is -2.25. The van der Waals surface area contributed by atoms with Gasteiger partial charge in [-0.1, -0.05) is 12.1 Å². The molecule has 1 saturated heterocycles. The van der Waals surface area contributed by atoms with Crippen molar-refractivity contribution in [2.45, 2.75) is 38.9 Å². The summed E-state index contributed by atoms with van der Waals surface area (Å²) in [6.07, 6.45) is 0.371. The molecule has 1 aliphatic heterocycles. The number of H-pyrrole nitrogens is 1. The SMILES string of the molecule is CC(C)N(Cc1nc2ccccc2c(=O)[nH]1)C(=O)CC1COCCN1. The number of aromatic amines is 1. The molecule has 0 radical (unpaired) electrons. The van der Waals surface area contributed by atoms with Crippen molar-refractivity contribution in [1.82, 2.24) is 20.2 Å². The number of ether oxygens (including phenoxy) is 1. The van der Waals surface area contributed by atoms with Crippen LogP contribution < -0.4 is 10.9 Å². The van der Waals surface area contributed by atoms with Crippen LogP contribution in [0.4, 0.5) is 0 Å². The zero-order valence-electron chi connectivity index (χ0n) is 14.6. The average Bonchev–Trinajstić information content (AvgIpc) is 2.60. The Labute approximate surface area is 146 Å². The summed E-state index contributed by atoms with van der Waals surface area (Å²) in [4.78, 5) is 34.0. The molecule has 1 fully saturated rings. The summed E-state index contributed by atoms with van der Waals surface area (Å²) in [5, 5.41) is 3.85. The molecule has 0 bridgehead atoms. The van der Waals surface area contributed by atoms with Crippen molar-refractivity contribution in [3.05, 3.63) is 40.4 Å². The van der Waals surface area contributed by atoms with Crippen molar-refractivity contribution >= 4 is 16.8 Å². The predicted molar refractivity (Wildman–Crippen MR) is 95.3 cm³/mol. The van der Waals surface area contributed by atoms with Gasteiger partial charge in [-0.25, -0.2) is 4.98 Å². The molecular formula is C18H24N4O3. The van der Waals surface area contributed by atoms with Crippen LogP contribution in [0.2, 0.25) is 0 Å². The molecule has 0 spiro atoms. The molecule has 1 atom stereocenters. The fraction of sp³-hybridized carbons (Fsp3) is 0.500. The van der Waals surface area contributed by atoms with Crippen molar-refractivity contribution in [3.63, 3.8) is 0 Å². The van der Waals surface area contributed by atoms with Gasteiger partial charge >= 0.3 is 0 Å². The smallest absolute Gasteiger partial charge is 0.258 e. The first-order chi connectivity index (χ1) is 12.0. The maximum atomic E-state index is 12.7. The van der Waals surface area contributed by atoms with Gasteiger partial charge in [0.2, 0.25) is 5.91 Å². The van der Waals surface area contributed by atoms with Crippen LogP contribution in [0.5, 0.6) is 0 Å². The summed E-state index contributed by atoms with van der Waals surface area (Å²) in [5.41, 5.74) is 0.457. The third-order valence-electron chi connectivity index (χ3n) is 4.35. The third-order valence-corrected chi connectivity index (χ3v) is 4.35. The van der Waals surface area contributed by atoms with Crippen molar-refractivity contribution in [2.75, 3.05) is 19.8 Å². The summed E-state index contributed by atoms with van der Waals surface area (Å²) < 4.78 is 5.41. The monoisotopic (exact) mass is 344 g/mol. The number of nitrogens with zero attached hydrogens (tertiary/aromatic N) is 2. The van der Waals surface area contributed by atoms with Crippen LogP contribution in [0.25, 0.3) is 10.9 Å². The Morgan fingerprint density at radius 3 is 2.92 bits per heavy atom. The van der Waals surface area contributed by atoms with Gasteiger partial charge in [0.05, 0.1) is 30.7 Å². The van der Waals surface area contributed by atoms with Gasteiger partial charge in [0.1, 0.15) is 5.82 Å². The molecular weight excluding hydrogens is 320 g/mol. The van der Waals surface area contributed by atoms with Crippen LogP contribution in [0, 0.1) is 0 Å². The molecule has 1 unspecified atom stereocenters. The predicted octanol–water partition coefficient (Wildman–Crippen LogP) is 1.04. The van der Waals surface area contributed by atoms with E-state index in [0.29, 0.717) is 36.4 Å². The molecule has 134 valence electrons. The molecule has 1 aliphatic rings. The van der Waals surface area contributed by atoms with E-state index in [1.165, 1.54) is 0 Å². The Balaban J connectivity index is 1.77. The van der Waals surface area contributed by atoms with E-state index in [-0.39, 0.29) is 30.1 Å². The quantitative estimate of drug-likeness (QED) is 0.846. The number of para-hydroxylation sites is 1. The van der Waals surface area contributed by atoms with Crippen LogP contribution >= 0.6 is 0 Å². The number of hydrogen-bond donors (Lipinski definition) is 2. The van der Waals surface area contributed by atoms with E-state index in [9.17, 15) is 9.59 Å². The molecule has 7 nitrogen and oxygen atoms in total. The number of carbonyl (C=O) groups excluding carboxylic acids is 1. The fourth-order valence-electron chi connectivity index (χ4n) is 3.01. The van der Waals surface area contributed by atoms with Crippen molar-refractivity contribution in [1.29, 1.82) is 0 Å². The third kappa shape index (κ3) is 4.24. The lowest BCUT2D eigenvalue weighted by atomic mass is 10.1. The van der Waals surface area contributed by atoms with E-state index in [4.69, 9.17) is 4.74 Å². The maximum absolute atomic E-state index is 12.7. The summed E-state index contributed by atoms with van der Waals surface area (Å²) in [7, 11) is 0. The summed E-state index contributed by atoms with van der Waals surface area (Å²) in [5.74, 6) is 0.521. The zero-order valence-corrected chi connectivity index (χ0v) is 14.6. The lowest BCUT2D eigenvalue weighted by molar-refractivity contribution is -0.135. The van der Waals surface area contributed by atoms with Crippen LogP contribution in [-0.2, 0) is 16.1 Å². The topological polar surface area (TPSA) is 87.3 Å². The standard InChI is InChI=1S/C18H24N4O3/c1-12(2)22(17(23)9-13-11-25-8-7-19-13)10-16-20-15-6-4-3-5-14(15)18(24)21-16/h3-6,12-13,19H,7-11H2,1-2H3,(H,20,21,24). The van der Waals surface area contributed by atoms with Gasteiger partial charge in [0.25, 0.3) is 5.56 Å². The molecule has 7 heteroatoms. The Kier molecular flexibility index (Phi) is 5.45. The van der Waals surface area contributed by atoms with E-state index < -0.39 is 0 Å². The first kappa shape index (κ1) is 17.6. The second-order valence-electron chi connectivity index (χ2n) is 6.58. The normalized spacial score (nSPS) is 17.8. The fourth-order valence-corrected chi connectivity index (χ4v) is 3.01. The zero-order chi connectivity index (χ0) is 17.8. The average molecular weight is 344 g/mol. The molecule has 3 rings (SSSR count). The number of morpholine rings is 1. The highest BCUT2D eigenvalue weighted by molar-refractivity contribution is 5.78. The molecule has 1 aromatic carbocycles. The minimum atomic E-state index is -0.181. The number of benzene rings is 1. The maximum Gasteiger partial charge on any atom is 0.258 e. The van der Waals surface area contributed by atoms with Crippen molar-refractivity contribution in [2.24, 2.45) is 0 Å². The molecule has 0 saturated carbocycles. The number of nitrogens with one attached hydrogen (secondary N) is 2. The largest absolute Gasteiger partial charge is 0.378 e. The highest BCUT2D eigenvalue weighted by atomic mass is 16.5. The van der Waals surface area contributed by atoms with Gasteiger partial charge in [-0.05, 0) is 26.0 Å². The number of carbonyl (C=O) groups is 1. The highest BCUT2D eigenvalue weighted by Crippen LogP contribution is 2.11. The van der Waals surface area contributed by atoms with Crippen molar-refractivity contribution in [3.8, 4) is 0 Å². The number of aromatic nitrogens is 2. The molecule has 0 aliphatic carbocycles. The first-order valence-corrected chi connectivity index (χ1v) is 8.63. The number of amides is 1. The molecule has 1 aromatic heterocycles. The second-order valence-corrected chi connectivity index (χ2v) is 6.58. The molecule has 2 aromatic rings. The van der Waals surface area contributed by atoms with Crippen LogP contribution in [0.3, 0.4) is 0 Å². The van der Waals surface area contributed by atoms with E-state index in [0.717, 1.165) is 6.54 Å². The van der Waals surface area contributed by atoms with E-state index >= 15 is 0 Å². The van der Waals surface area contributed by atoms with E-state index in [1.54, 1.807) is 17.0 Å². The lowest BCUT2D eigenvalue weighted by Crippen LogP contribution is -2.46. The first-order valence-electron chi connectivity index (χ1n) is 8.63. The minimum Gasteiger partial charge on any atom is -0.378 e. The number of rotatable bonds is 5. The van der Waals surface area contributed by atoms with Gasteiger partial charge in [-0.2, -0.15) is 0 Å². The van der Waals surface area contributed by atoms with Gasteiger partial charge in [0, 0.05) is 25.0 Å². The Morgan fingerprint density at radius 1 is 1.40 bits per heavy atom. The Bertz CT molecular complexity index is 796. The summed E-state index contributed by atoms with van der Waals surface area (Å²) >= 11 is 0. The number of hydrogen-bond acceptors (Lipinski definition) is 5. The molecule has 25 heavy (non-hydrogen) atoms. The van der Waals surface area contributed by atoms with Crippen LogP contribution in [0.15, 0.2) is 29.1 Å². The molecule has 2 heterocycles. The molecule has 2 N–H and O–H groups in total. The van der Waals surface area contributed by atoms with Gasteiger partial charge in [0.15, 0.2) is 0 Å². The van der Waals surface area contributed by atoms with Crippen LogP contribution in [0.1, 0.15) is 26.1 Å². The van der Waals surface area contributed by atoms with Gasteiger partial charge in [-0.3, -0.25) is 9.59 Å². The summed E-state index contributed by atoms with van der Waals surface area (Å²) in [6, 6.07) is 7.24. The van der Waals surface area contributed by atoms with E-state index in [2.05, 4.69) is 15.3 Å². The second kappa shape index (κ2) is 7.76. The van der Waals surface area contributed by atoms with E-state index in [1.807, 2.05) is 26.0 Å². The Morgan fingerprint density at radius 2 is 2.20 bits per heavy atom. The lowest BCUT2D eigenvalue weighted by Gasteiger charge is -2.30. The highest BCUT2D eigenvalue weighted by Gasteiger charge is 2.23. The van der Waals surface area contributed by atoms with Crippen LogP contribution in [-0.4, -0.2) is 52.6 Å².